The van der Waals surface area contributed by atoms with Gasteiger partial charge in [-0.1, -0.05) is 12.6 Å². The Balaban J connectivity index is 0. The number of carbonyl (C=O) groups is 1. The number of anilines is 1. The third-order valence-corrected chi connectivity index (χ3v) is 7.59. The number of aliphatic imine (C=N–C) groups is 1. The van der Waals surface area contributed by atoms with Gasteiger partial charge in [-0.3, -0.25) is 11.7 Å². The van der Waals surface area contributed by atoms with Crippen LogP contribution in [0.2, 0.25) is 0 Å². The summed E-state index contributed by atoms with van der Waals surface area (Å²) in [5, 5.41) is 3.28. The molecule has 0 aliphatic carbocycles. The number of rotatable bonds is 4. The second-order valence-corrected chi connectivity index (χ2v) is 10.4. The van der Waals surface area contributed by atoms with Crippen molar-refractivity contribution >= 4 is 41.7 Å². The van der Waals surface area contributed by atoms with Crippen LogP contribution in [0.3, 0.4) is 0 Å². The molecule has 3 aliphatic heterocycles. The van der Waals surface area contributed by atoms with E-state index in [2.05, 4.69) is 47.0 Å². The largest absolute Gasteiger partial charge is 1.00 e. The summed E-state index contributed by atoms with van der Waals surface area (Å²) in [6.07, 6.45) is 3.60. The van der Waals surface area contributed by atoms with Crippen molar-refractivity contribution in [3.63, 3.8) is 0 Å². The van der Waals surface area contributed by atoms with Crippen LogP contribution >= 0.6 is 20.7 Å². The van der Waals surface area contributed by atoms with Crippen LogP contribution in [0.4, 0.5) is 5.69 Å². The number of hydrogen-bond donors (Lipinski definition) is 1. The van der Waals surface area contributed by atoms with Crippen LogP contribution in [-0.2, 0) is 0 Å². The van der Waals surface area contributed by atoms with Crippen LogP contribution in [0, 0.1) is 45.6 Å². The van der Waals surface area contributed by atoms with Gasteiger partial charge in [-0.2, -0.15) is 5.57 Å². The molecule has 0 bridgehead atoms. The summed E-state index contributed by atoms with van der Waals surface area (Å²) in [5.74, 6) is 0.837. The molecule has 0 aromatic heterocycles. The Labute approximate surface area is 249 Å². The molecule has 2 saturated heterocycles. The van der Waals surface area contributed by atoms with E-state index in [0.717, 1.165) is 42.2 Å². The Morgan fingerprint density at radius 2 is 1.77 bits per heavy atom. The van der Waals surface area contributed by atoms with Gasteiger partial charge in [0.25, 0.3) is 0 Å². The Kier molecular flexibility index (Phi) is 19.8. The number of piperidine rings is 2. The monoisotopic (exact) mass is 576 g/mol. The van der Waals surface area contributed by atoms with Gasteiger partial charge >= 0.3 is 37.7 Å². The minimum Gasteiger partial charge on any atom is -0.399 e. The molecule has 0 radical (unpaired) electrons. The zero-order chi connectivity index (χ0) is 22.2. The number of benzene rings is 1. The molecule has 2 fully saturated rings. The molecule has 5 nitrogen and oxygen atoms in total. The topological polar surface area (TPSA) is 47.9 Å². The number of hydrogen-bond acceptors (Lipinski definition) is 4. The van der Waals surface area contributed by atoms with Crippen LogP contribution in [0.25, 0.3) is 0 Å². The summed E-state index contributed by atoms with van der Waals surface area (Å²) in [6, 6.07) is 7.92. The van der Waals surface area contributed by atoms with Gasteiger partial charge in [-0.15, -0.1) is 16.7 Å². The minimum absolute atomic E-state index is 0. The Morgan fingerprint density at radius 3 is 2.34 bits per heavy atom. The molecular weight excluding hydrogens is 537 g/mol. The van der Waals surface area contributed by atoms with Gasteiger partial charge < -0.3 is 48.8 Å². The predicted molar refractivity (Wildman–Crippen MR) is 153 cm³/mol. The average Bonchev–Trinajstić information content (AvgIpc) is 2.81. The van der Waals surface area contributed by atoms with E-state index in [4.69, 9.17) is 0 Å². The summed E-state index contributed by atoms with van der Waals surface area (Å²) in [4.78, 5) is 20.6. The molecule has 0 spiro atoms. The predicted octanol–water partition coefficient (Wildman–Crippen LogP) is -1.00. The first-order valence-corrected chi connectivity index (χ1v) is 13.1. The van der Waals surface area contributed by atoms with Crippen molar-refractivity contribution in [1.29, 1.82) is 0 Å². The summed E-state index contributed by atoms with van der Waals surface area (Å²) < 4.78 is 4.47. The molecule has 1 amide bonds. The molecule has 35 heavy (non-hydrogen) atoms. The molecule has 1 aromatic carbocycles. The fourth-order valence-electron chi connectivity index (χ4n) is 3.74. The summed E-state index contributed by atoms with van der Waals surface area (Å²) in [7, 11) is 0. The maximum Gasteiger partial charge on any atom is 1.00 e. The van der Waals surface area contributed by atoms with Crippen LogP contribution in [-0.4, -0.2) is 59.4 Å². The van der Waals surface area contributed by atoms with Gasteiger partial charge in [0.2, 0.25) is 5.91 Å². The van der Waals surface area contributed by atoms with E-state index < -0.39 is 0 Å². The number of nitrogens with one attached hydrogen (secondary N) is 1. The third kappa shape index (κ3) is 10.9. The number of nitrogens with zero attached hydrogens (tertiary/aromatic N) is 3. The first kappa shape index (κ1) is 36.8. The van der Waals surface area contributed by atoms with Crippen LogP contribution in [0.1, 0.15) is 36.5 Å². The second kappa shape index (κ2) is 18.8. The Bertz CT molecular complexity index is 843. The van der Waals surface area contributed by atoms with E-state index in [1.54, 1.807) is 4.90 Å². The van der Waals surface area contributed by atoms with Crippen molar-refractivity contribution in [3.8, 4) is 0 Å². The number of amides is 1. The van der Waals surface area contributed by atoms with E-state index in [9.17, 15) is 4.79 Å². The SMILES string of the molecule is [CH2-]C1=I[C-]=C2CCNCC2=N1.[CH2-]CN(C[CH2-])C(=O)c1ccc(N2CCC(C)CC2)cc1.[CH3-].[CH3-].[Li+].[Li+]. The van der Waals surface area contributed by atoms with Crippen molar-refractivity contribution in [2.24, 2.45) is 10.9 Å². The Morgan fingerprint density at radius 1 is 1.17 bits per heavy atom. The smallest absolute Gasteiger partial charge is 0.399 e. The fraction of sp³-hybridized carbons (Fsp3) is 0.407. The van der Waals surface area contributed by atoms with Crippen molar-refractivity contribution in [1.82, 2.24) is 10.2 Å². The molecule has 0 atom stereocenters. The number of halogens is 1. The van der Waals surface area contributed by atoms with Crippen molar-refractivity contribution in [3.05, 3.63) is 75.1 Å². The van der Waals surface area contributed by atoms with Gasteiger partial charge in [0.15, 0.2) is 0 Å². The average molecular weight is 576 g/mol. The van der Waals surface area contributed by atoms with Gasteiger partial charge in [-0.25, -0.2) is 24.8 Å². The first-order chi connectivity index (χ1) is 15.0. The van der Waals surface area contributed by atoms with E-state index in [-0.39, 0.29) is 79.2 Å². The molecule has 0 unspecified atom stereocenters. The zero-order valence-electron chi connectivity index (χ0n) is 22.5. The summed E-state index contributed by atoms with van der Waals surface area (Å²) in [5.41, 5.74) is 4.45. The normalized spacial score (nSPS) is 16.8. The summed E-state index contributed by atoms with van der Waals surface area (Å²) in [6.45, 7) is 18.8. The van der Waals surface area contributed by atoms with Crippen molar-refractivity contribution in [2.45, 2.75) is 26.2 Å². The van der Waals surface area contributed by atoms with E-state index in [1.165, 1.54) is 29.8 Å². The van der Waals surface area contributed by atoms with Gasteiger partial charge in [0, 0.05) is 24.3 Å². The molecule has 3 heterocycles. The molecule has 0 saturated carbocycles. The Hall–Kier alpha value is -0.345. The quantitative estimate of drug-likeness (QED) is 0.285. The second-order valence-electron chi connectivity index (χ2n) is 8.04. The number of fused-ring (bicyclic) bond motifs is 1. The molecule has 4 rings (SSSR count). The van der Waals surface area contributed by atoms with E-state index in [0.29, 0.717) is 18.7 Å². The van der Waals surface area contributed by atoms with Gasteiger partial charge in [-0.05, 0) is 62.5 Å². The van der Waals surface area contributed by atoms with Crippen molar-refractivity contribution in [2.75, 3.05) is 44.2 Å². The maximum absolute atomic E-state index is 12.2. The number of carbonyl (C=O) groups excluding carboxylic acids is 1. The van der Waals surface area contributed by atoms with Crippen LogP contribution < -0.4 is 47.9 Å². The zero-order valence-corrected chi connectivity index (χ0v) is 24.7. The third-order valence-electron chi connectivity index (χ3n) is 5.81. The van der Waals surface area contributed by atoms with Crippen LogP contribution in [0.15, 0.2) is 34.8 Å². The standard InChI is InChI=1S/C17H24N2O.C8H9IN2.2CH3.2Li/c1-4-18(5-2)17(20)15-6-8-16(9-7-15)19-12-10-14(3)11-13-19;1-6-9-4-7-2-3-10-5-8(7)11-6;;;;/h6-9,14H,1-2,4-5,10-13H2,3H3;10H,1-3,5H2;2*1H3;;/q2*-2;2*-1;2*+1. The molecular formula is C27H39ILi2N4O-4. The van der Waals surface area contributed by atoms with Gasteiger partial charge in [0.1, 0.15) is 0 Å². The van der Waals surface area contributed by atoms with Gasteiger partial charge in [0.05, 0.1) is 0 Å². The van der Waals surface area contributed by atoms with Crippen LogP contribution in [0.5, 0.6) is 0 Å². The molecule has 1 N–H and O–H groups in total. The molecule has 1 aromatic rings. The first-order valence-electron chi connectivity index (χ1n) is 11.0. The van der Waals surface area contributed by atoms with E-state index in [1.807, 2.05) is 24.3 Å². The maximum atomic E-state index is 12.2. The minimum atomic E-state index is -0.0908. The molecule has 186 valence electrons. The van der Waals surface area contributed by atoms with Crippen molar-refractivity contribution < 1.29 is 42.5 Å². The summed E-state index contributed by atoms with van der Waals surface area (Å²) >= 11 is -0.0908. The molecule has 3 aliphatic rings. The molecule has 8 heteroatoms. The fourth-order valence-corrected chi connectivity index (χ4v) is 5.37. The van der Waals surface area contributed by atoms with E-state index >= 15 is 0 Å².